The fourth-order valence-corrected chi connectivity index (χ4v) is 4.69. The predicted octanol–water partition coefficient (Wildman–Crippen LogP) is 2.04. The van der Waals surface area contributed by atoms with Gasteiger partial charge in [-0.1, -0.05) is 0 Å². The molecule has 1 saturated heterocycles. The van der Waals surface area contributed by atoms with Crippen LogP contribution in [0.3, 0.4) is 0 Å². The Morgan fingerprint density at radius 2 is 1.72 bits per heavy atom. The first-order chi connectivity index (χ1) is 13.7. The Labute approximate surface area is 172 Å². The largest absolute Gasteiger partial charge is 0.494 e. The standard InChI is InChI=1S/C20H30N2O6S/c1-5-27-18-9-7-17(8-10-18)22(29(4,25)26)15(3)19(23)21-13-11-16(12-14-21)20(24)28-6-2/h7-10,15-16H,5-6,11-14H2,1-4H3/t15-/m1/s1. The second-order valence-electron chi connectivity index (χ2n) is 7.01. The smallest absolute Gasteiger partial charge is 0.309 e. The second-order valence-corrected chi connectivity index (χ2v) is 8.87. The molecule has 1 fully saturated rings. The lowest BCUT2D eigenvalue weighted by Crippen LogP contribution is -2.51. The van der Waals surface area contributed by atoms with Crippen LogP contribution in [-0.2, 0) is 24.3 Å². The average Bonchev–Trinajstić information content (AvgIpc) is 2.68. The summed E-state index contributed by atoms with van der Waals surface area (Å²) in [6.07, 6.45) is 2.11. The fraction of sp³-hybridized carbons (Fsp3) is 0.600. The summed E-state index contributed by atoms with van der Waals surface area (Å²) >= 11 is 0. The number of sulfonamides is 1. The number of esters is 1. The Morgan fingerprint density at radius 3 is 2.21 bits per heavy atom. The molecule has 0 saturated carbocycles. The number of anilines is 1. The third-order valence-electron chi connectivity index (χ3n) is 4.90. The van der Waals surface area contributed by atoms with E-state index in [0.717, 1.165) is 10.6 Å². The Bertz CT molecular complexity index is 801. The number of likely N-dealkylation sites (tertiary alicyclic amines) is 1. The Balaban J connectivity index is 2.12. The number of carbonyl (C=O) groups excluding carboxylic acids is 2. The minimum absolute atomic E-state index is 0.216. The highest BCUT2D eigenvalue weighted by Crippen LogP contribution is 2.26. The van der Waals surface area contributed by atoms with E-state index in [4.69, 9.17) is 9.47 Å². The molecular weight excluding hydrogens is 396 g/mol. The number of benzene rings is 1. The molecule has 1 atom stereocenters. The van der Waals surface area contributed by atoms with E-state index in [9.17, 15) is 18.0 Å². The third kappa shape index (κ3) is 5.85. The first-order valence-corrected chi connectivity index (χ1v) is 11.7. The van der Waals surface area contributed by atoms with Crippen molar-refractivity contribution in [2.24, 2.45) is 5.92 Å². The summed E-state index contributed by atoms with van der Waals surface area (Å²) in [5, 5.41) is 0. The number of nitrogens with zero attached hydrogens (tertiary/aromatic N) is 2. The molecule has 9 heteroatoms. The summed E-state index contributed by atoms with van der Waals surface area (Å²) in [6.45, 7) is 6.84. The lowest BCUT2D eigenvalue weighted by Gasteiger charge is -2.36. The van der Waals surface area contributed by atoms with Gasteiger partial charge in [-0.05, 0) is 57.9 Å². The van der Waals surface area contributed by atoms with Crippen LogP contribution in [0.4, 0.5) is 5.69 Å². The van der Waals surface area contributed by atoms with Crippen LogP contribution in [0.2, 0.25) is 0 Å². The van der Waals surface area contributed by atoms with Crippen molar-refractivity contribution in [1.29, 1.82) is 0 Å². The molecule has 1 heterocycles. The van der Waals surface area contributed by atoms with Crippen molar-refractivity contribution < 1.29 is 27.5 Å². The maximum Gasteiger partial charge on any atom is 0.309 e. The van der Waals surface area contributed by atoms with Gasteiger partial charge in [0.25, 0.3) is 0 Å². The highest BCUT2D eigenvalue weighted by Gasteiger charge is 2.35. The molecule has 29 heavy (non-hydrogen) atoms. The second kappa shape index (κ2) is 9.96. The highest BCUT2D eigenvalue weighted by atomic mass is 32.2. The molecule has 162 valence electrons. The van der Waals surface area contributed by atoms with Crippen molar-refractivity contribution in [2.75, 3.05) is 36.9 Å². The van der Waals surface area contributed by atoms with Crippen molar-refractivity contribution in [3.05, 3.63) is 24.3 Å². The van der Waals surface area contributed by atoms with Gasteiger partial charge in [-0.2, -0.15) is 0 Å². The average molecular weight is 427 g/mol. The lowest BCUT2D eigenvalue weighted by molar-refractivity contribution is -0.151. The molecule has 0 aliphatic carbocycles. The van der Waals surface area contributed by atoms with Gasteiger partial charge in [-0.15, -0.1) is 0 Å². The summed E-state index contributed by atoms with van der Waals surface area (Å²) in [5.74, 6) is -0.109. The van der Waals surface area contributed by atoms with E-state index in [0.29, 0.717) is 50.6 Å². The highest BCUT2D eigenvalue weighted by molar-refractivity contribution is 7.92. The molecule has 0 unspecified atom stereocenters. The lowest BCUT2D eigenvalue weighted by atomic mass is 9.96. The molecule has 2 rings (SSSR count). The van der Waals surface area contributed by atoms with E-state index in [2.05, 4.69) is 0 Å². The van der Waals surface area contributed by atoms with E-state index in [1.807, 2.05) is 6.92 Å². The predicted molar refractivity (Wildman–Crippen MR) is 110 cm³/mol. The summed E-state index contributed by atoms with van der Waals surface area (Å²) in [6, 6.07) is 5.71. The molecule has 0 bridgehead atoms. The van der Waals surface area contributed by atoms with Crippen LogP contribution < -0.4 is 9.04 Å². The van der Waals surface area contributed by atoms with E-state index in [-0.39, 0.29) is 17.8 Å². The zero-order valence-corrected chi connectivity index (χ0v) is 18.3. The number of carbonyl (C=O) groups is 2. The number of piperidine rings is 1. The van der Waals surface area contributed by atoms with Crippen molar-refractivity contribution in [3.8, 4) is 5.75 Å². The van der Waals surface area contributed by atoms with Gasteiger partial charge in [0.05, 0.1) is 31.1 Å². The van der Waals surface area contributed by atoms with Crippen LogP contribution in [0.25, 0.3) is 0 Å². The molecule has 1 aliphatic heterocycles. The van der Waals surface area contributed by atoms with Crippen LogP contribution in [0.15, 0.2) is 24.3 Å². The summed E-state index contributed by atoms with van der Waals surface area (Å²) < 4.78 is 36.5. The van der Waals surface area contributed by atoms with E-state index >= 15 is 0 Å². The zero-order chi connectivity index (χ0) is 21.6. The molecule has 1 aliphatic rings. The molecule has 1 amide bonds. The maximum absolute atomic E-state index is 13.0. The third-order valence-corrected chi connectivity index (χ3v) is 6.14. The van der Waals surface area contributed by atoms with Gasteiger partial charge in [-0.3, -0.25) is 13.9 Å². The minimum atomic E-state index is -3.69. The molecular formula is C20H30N2O6S. The van der Waals surface area contributed by atoms with Crippen molar-refractivity contribution >= 4 is 27.6 Å². The van der Waals surface area contributed by atoms with Gasteiger partial charge in [-0.25, -0.2) is 8.42 Å². The quantitative estimate of drug-likeness (QED) is 0.591. The number of amides is 1. The summed E-state index contributed by atoms with van der Waals surface area (Å²) in [7, 11) is -3.69. The van der Waals surface area contributed by atoms with Crippen LogP contribution >= 0.6 is 0 Å². The van der Waals surface area contributed by atoms with Gasteiger partial charge in [0.15, 0.2) is 0 Å². The SMILES string of the molecule is CCOC(=O)C1CCN(C(=O)[C@@H](C)N(c2ccc(OCC)cc2)S(C)(=O)=O)CC1. The van der Waals surface area contributed by atoms with Gasteiger partial charge in [0, 0.05) is 13.1 Å². The van der Waals surface area contributed by atoms with E-state index in [1.165, 1.54) is 0 Å². The van der Waals surface area contributed by atoms with Gasteiger partial charge in [0.1, 0.15) is 11.8 Å². The maximum atomic E-state index is 13.0. The van der Waals surface area contributed by atoms with Crippen molar-refractivity contribution in [1.82, 2.24) is 4.90 Å². The zero-order valence-electron chi connectivity index (χ0n) is 17.5. The first-order valence-electron chi connectivity index (χ1n) is 9.86. The molecule has 0 N–H and O–H groups in total. The topological polar surface area (TPSA) is 93.2 Å². The molecule has 8 nitrogen and oxygen atoms in total. The number of ether oxygens (including phenoxy) is 2. The van der Waals surface area contributed by atoms with Crippen molar-refractivity contribution in [3.63, 3.8) is 0 Å². The molecule has 0 spiro atoms. The Morgan fingerprint density at radius 1 is 1.14 bits per heavy atom. The summed E-state index contributed by atoms with van der Waals surface area (Å²) in [4.78, 5) is 26.5. The van der Waals surface area contributed by atoms with Crippen LogP contribution in [0.5, 0.6) is 5.75 Å². The fourth-order valence-electron chi connectivity index (χ4n) is 3.52. The molecule has 1 aromatic carbocycles. The Kier molecular flexibility index (Phi) is 7.89. The van der Waals surface area contributed by atoms with Gasteiger partial charge in [0.2, 0.25) is 15.9 Å². The first kappa shape index (κ1) is 23.0. The van der Waals surface area contributed by atoms with E-state index in [1.54, 1.807) is 43.0 Å². The van der Waals surface area contributed by atoms with Gasteiger partial charge < -0.3 is 14.4 Å². The normalized spacial score (nSPS) is 16.2. The van der Waals surface area contributed by atoms with Crippen LogP contribution in [0, 0.1) is 5.92 Å². The number of rotatable bonds is 8. The number of hydrogen-bond acceptors (Lipinski definition) is 6. The minimum Gasteiger partial charge on any atom is -0.494 e. The molecule has 0 radical (unpaired) electrons. The molecule has 0 aromatic heterocycles. The summed E-state index contributed by atoms with van der Waals surface area (Å²) in [5.41, 5.74) is 0.401. The Hall–Kier alpha value is -2.29. The van der Waals surface area contributed by atoms with Gasteiger partial charge >= 0.3 is 5.97 Å². The van der Waals surface area contributed by atoms with Crippen LogP contribution in [0.1, 0.15) is 33.6 Å². The number of hydrogen-bond donors (Lipinski definition) is 0. The van der Waals surface area contributed by atoms with Crippen molar-refractivity contribution in [2.45, 2.75) is 39.7 Å². The monoisotopic (exact) mass is 426 g/mol. The van der Waals surface area contributed by atoms with E-state index < -0.39 is 16.1 Å². The van der Waals surface area contributed by atoms with Crippen LogP contribution in [-0.4, -0.2) is 63.8 Å². The molecule has 1 aromatic rings.